The standard InChI is InChI=1S/C23H24ClN7O4/c1-35-18-6-5-14(10-17(18)24)21(33)29-20-16(22(34)27-12-19-25-7-3-8-26-19)11-28-23(30-20)31-9-2-4-15(31)13-32/h3,5-8,10-11,15,32H,2,4,9,12-13H2,1H3,(H,27,34)(H,28,29,30,33)/t15-/m0/s1. The second-order valence-electron chi connectivity index (χ2n) is 7.76. The van der Waals surface area contributed by atoms with Crippen LogP contribution in [-0.4, -0.2) is 63.2 Å². The van der Waals surface area contributed by atoms with Gasteiger partial charge >= 0.3 is 0 Å². The van der Waals surface area contributed by atoms with Crippen molar-refractivity contribution in [3.8, 4) is 5.75 Å². The molecule has 1 aliphatic rings. The van der Waals surface area contributed by atoms with E-state index in [-0.39, 0.29) is 41.2 Å². The van der Waals surface area contributed by atoms with Gasteiger partial charge < -0.3 is 25.4 Å². The minimum atomic E-state index is -0.514. The summed E-state index contributed by atoms with van der Waals surface area (Å²) in [7, 11) is 1.48. The SMILES string of the molecule is COc1ccc(C(=O)Nc2nc(N3CCC[C@H]3CO)ncc2C(=O)NCc2ncccn2)cc1Cl. The van der Waals surface area contributed by atoms with Crippen LogP contribution in [0.15, 0.2) is 42.9 Å². The van der Waals surface area contributed by atoms with Crippen LogP contribution in [0, 0.1) is 0 Å². The molecule has 0 saturated carbocycles. The van der Waals surface area contributed by atoms with Gasteiger partial charge in [0, 0.05) is 30.7 Å². The molecule has 1 fully saturated rings. The number of ether oxygens (including phenoxy) is 1. The van der Waals surface area contributed by atoms with E-state index in [2.05, 4.69) is 30.6 Å². The molecule has 1 saturated heterocycles. The van der Waals surface area contributed by atoms with E-state index in [4.69, 9.17) is 16.3 Å². The van der Waals surface area contributed by atoms with Crippen molar-refractivity contribution >= 4 is 35.2 Å². The Labute approximate surface area is 206 Å². The third kappa shape index (κ3) is 5.64. The Bertz CT molecular complexity index is 1210. The summed E-state index contributed by atoms with van der Waals surface area (Å²) >= 11 is 6.16. The molecule has 4 rings (SSSR count). The Morgan fingerprint density at radius 1 is 1.23 bits per heavy atom. The highest BCUT2D eigenvalue weighted by Crippen LogP contribution is 2.27. The molecule has 3 N–H and O–H groups in total. The first-order valence-electron chi connectivity index (χ1n) is 10.9. The number of nitrogens with one attached hydrogen (secondary N) is 2. The molecule has 3 heterocycles. The average molecular weight is 498 g/mol. The minimum absolute atomic E-state index is 0.0296. The molecule has 1 aromatic carbocycles. The fourth-order valence-electron chi connectivity index (χ4n) is 3.72. The summed E-state index contributed by atoms with van der Waals surface area (Å²) in [4.78, 5) is 44.8. The molecule has 0 spiro atoms. The van der Waals surface area contributed by atoms with Gasteiger partial charge in [-0.3, -0.25) is 9.59 Å². The van der Waals surface area contributed by atoms with Crippen LogP contribution in [0.1, 0.15) is 39.4 Å². The number of halogens is 1. The van der Waals surface area contributed by atoms with Gasteiger partial charge in [0.25, 0.3) is 11.8 Å². The smallest absolute Gasteiger partial charge is 0.257 e. The Balaban J connectivity index is 1.61. The van der Waals surface area contributed by atoms with E-state index in [9.17, 15) is 14.7 Å². The molecule has 2 amide bonds. The first-order valence-corrected chi connectivity index (χ1v) is 11.3. The molecule has 0 bridgehead atoms. The van der Waals surface area contributed by atoms with Crippen LogP contribution in [0.25, 0.3) is 0 Å². The highest BCUT2D eigenvalue weighted by atomic mass is 35.5. The third-order valence-corrected chi connectivity index (χ3v) is 5.83. The van der Waals surface area contributed by atoms with Crippen LogP contribution in [0.3, 0.4) is 0 Å². The number of nitrogens with zero attached hydrogens (tertiary/aromatic N) is 5. The van der Waals surface area contributed by atoms with Gasteiger partial charge in [-0.15, -0.1) is 0 Å². The van der Waals surface area contributed by atoms with Gasteiger partial charge in [0.1, 0.15) is 17.1 Å². The van der Waals surface area contributed by atoms with Crippen LogP contribution in [0.4, 0.5) is 11.8 Å². The number of methoxy groups -OCH3 is 1. The van der Waals surface area contributed by atoms with Crippen molar-refractivity contribution in [2.24, 2.45) is 0 Å². The largest absolute Gasteiger partial charge is 0.495 e. The molecular weight excluding hydrogens is 474 g/mol. The second kappa shape index (κ2) is 11.1. The number of carbonyl (C=O) groups is 2. The number of aromatic nitrogens is 4. The number of rotatable bonds is 8. The lowest BCUT2D eigenvalue weighted by atomic mass is 10.2. The van der Waals surface area contributed by atoms with Gasteiger partial charge in [-0.2, -0.15) is 4.98 Å². The minimum Gasteiger partial charge on any atom is -0.495 e. The van der Waals surface area contributed by atoms with E-state index in [1.807, 2.05) is 4.90 Å². The van der Waals surface area contributed by atoms with E-state index in [1.54, 1.807) is 30.6 Å². The zero-order valence-electron chi connectivity index (χ0n) is 18.9. The van der Waals surface area contributed by atoms with Crippen LogP contribution in [-0.2, 0) is 6.54 Å². The molecule has 1 aliphatic heterocycles. The molecule has 0 aliphatic carbocycles. The maximum absolute atomic E-state index is 13.0. The number of aliphatic hydroxyl groups is 1. The number of anilines is 2. The van der Waals surface area contributed by atoms with Crippen LogP contribution in [0.2, 0.25) is 5.02 Å². The maximum atomic E-state index is 13.0. The number of aliphatic hydroxyl groups excluding tert-OH is 1. The average Bonchev–Trinajstić information content (AvgIpc) is 3.37. The van der Waals surface area contributed by atoms with Gasteiger partial charge in [0.2, 0.25) is 5.95 Å². The molecule has 182 valence electrons. The predicted molar refractivity (Wildman–Crippen MR) is 129 cm³/mol. The summed E-state index contributed by atoms with van der Waals surface area (Å²) in [5, 5.41) is 15.4. The van der Waals surface area contributed by atoms with E-state index in [1.165, 1.54) is 19.4 Å². The molecule has 2 aromatic heterocycles. The lowest BCUT2D eigenvalue weighted by Gasteiger charge is -2.23. The fourth-order valence-corrected chi connectivity index (χ4v) is 3.98. The normalized spacial score (nSPS) is 15.1. The second-order valence-corrected chi connectivity index (χ2v) is 8.16. The number of hydrogen-bond donors (Lipinski definition) is 3. The first kappa shape index (κ1) is 24.3. The molecular formula is C23H24ClN7O4. The van der Waals surface area contributed by atoms with Crippen molar-refractivity contribution in [2.75, 3.05) is 30.5 Å². The topological polar surface area (TPSA) is 142 Å². The Morgan fingerprint density at radius 3 is 2.74 bits per heavy atom. The van der Waals surface area contributed by atoms with E-state index in [0.29, 0.717) is 24.1 Å². The summed E-state index contributed by atoms with van der Waals surface area (Å²) in [5.74, 6) is 0.182. The van der Waals surface area contributed by atoms with Gasteiger partial charge in [-0.1, -0.05) is 11.6 Å². The number of amides is 2. The Morgan fingerprint density at radius 2 is 2.03 bits per heavy atom. The van der Waals surface area contributed by atoms with Crippen molar-refractivity contribution in [1.82, 2.24) is 25.3 Å². The van der Waals surface area contributed by atoms with Gasteiger partial charge in [-0.05, 0) is 37.1 Å². The fraction of sp³-hybridized carbons (Fsp3) is 0.304. The van der Waals surface area contributed by atoms with Crippen LogP contribution >= 0.6 is 11.6 Å². The number of benzene rings is 1. The zero-order chi connectivity index (χ0) is 24.8. The molecule has 12 heteroatoms. The highest BCUT2D eigenvalue weighted by molar-refractivity contribution is 6.32. The van der Waals surface area contributed by atoms with Gasteiger partial charge in [0.15, 0.2) is 5.82 Å². The van der Waals surface area contributed by atoms with Crippen molar-refractivity contribution in [3.05, 3.63) is 64.8 Å². The van der Waals surface area contributed by atoms with Crippen molar-refractivity contribution < 1.29 is 19.4 Å². The van der Waals surface area contributed by atoms with Crippen molar-refractivity contribution in [2.45, 2.75) is 25.4 Å². The maximum Gasteiger partial charge on any atom is 0.257 e. The Hall–Kier alpha value is -3.83. The molecule has 11 nitrogen and oxygen atoms in total. The molecule has 35 heavy (non-hydrogen) atoms. The van der Waals surface area contributed by atoms with Gasteiger partial charge in [0.05, 0.1) is 31.3 Å². The van der Waals surface area contributed by atoms with Crippen LogP contribution in [0.5, 0.6) is 5.75 Å². The van der Waals surface area contributed by atoms with E-state index >= 15 is 0 Å². The summed E-state index contributed by atoms with van der Waals surface area (Å²) < 4.78 is 5.13. The van der Waals surface area contributed by atoms with E-state index in [0.717, 1.165) is 12.8 Å². The summed E-state index contributed by atoms with van der Waals surface area (Å²) in [5.41, 5.74) is 0.326. The van der Waals surface area contributed by atoms with Gasteiger partial charge in [-0.25, -0.2) is 15.0 Å². The first-order chi connectivity index (χ1) is 17.0. The summed E-state index contributed by atoms with van der Waals surface area (Å²) in [6.45, 7) is 0.694. The number of hydrogen-bond acceptors (Lipinski definition) is 9. The number of carbonyl (C=O) groups excluding carboxylic acids is 2. The molecule has 0 unspecified atom stereocenters. The zero-order valence-corrected chi connectivity index (χ0v) is 19.7. The summed E-state index contributed by atoms with van der Waals surface area (Å²) in [6, 6.07) is 6.14. The van der Waals surface area contributed by atoms with Crippen molar-refractivity contribution in [3.63, 3.8) is 0 Å². The van der Waals surface area contributed by atoms with E-state index < -0.39 is 11.8 Å². The van der Waals surface area contributed by atoms with Crippen LogP contribution < -0.4 is 20.3 Å². The third-order valence-electron chi connectivity index (χ3n) is 5.54. The highest BCUT2D eigenvalue weighted by Gasteiger charge is 2.28. The summed E-state index contributed by atoms with van der Waals surface area (Å²) in [6.07, 6.45) is 6.18. The Kier molecular flexibility index (Phi) is 7.68. The van der Waals surface area contributed by atoms with Crippen molar-refractivity contribution in [1.29, 1.82) is 0 Å². The lowest BCUT2D eigenvalue weighted by Crippen LogP contribution is -2.34. The molecule has 1 atom stereocenters. The molecule has 0 radical (unpaired) electrons. The lowest BCUT2D eigenvalue weighted by molar-refractivity contribution is 0.0950. The quantitative estimate of drug-likeness (QED) is 0.426. The predicted octanol–water partition coefficient (Wildman–Crippen LogP) is 2.07. The monoisotopic (exact) mass is 497 g/mol. The molecule has 3 aromatic rings.